The standard InChI is InChI=1S/C15H20FNO/c1-3-17(13-6-7-13)9-8-15(18)12-5-4-11(2)14(16)10-12/h4-5,10,13H,3,6-9H2,1-2H3. The molecule has 98 valence electrons. The average Bonchev–Trinajstić information content (AvgIpc) is 3.17. The summed E-state index contributed by atoms with van der Waals surface area (Å²) in [7, 11) is 0. The molecule has 0 aliphatic heterocycles. The van der Waals surface area contributed by atoms with Gasteiger partial charge in [-0.1, -0.05) is 19.1 Å². The first-order chi connectivity index (χ1) is 8.61. The molecule has 0 bridgehead atoms. The van der Waals surface area contributed by atoms with E-state index in [1.54, 1.807) is 19.1 Å². The van der Waals surface area contributed by atoms with Crippen molar-refractivity contribution in [2.45, 2.75) is 39.2 Å². The summed E-state index contributed by atoms with van der Waals surface area (Å²) in [5, 5.41) is 0. The second-order valence-corrected chi connectivity index (χ2v) is 5.00. The predicted octanol–water partition coefficient (Wildman–Crippen LogP) is 3.19. The van der Waals surface area contributed by atoms with Crippen molar-refractivity contribution in [3.05, 3.63) is 35.1 Å². The molecule has 0 atom stereocenters. The van der Waals surface area contributed by atoms with E-state index in [1.807, 2.05) is 0 Å². The summed E-state index contributed by atoms with van der Waals surface area (Å²) in [6.07, 6.45) is 2.98. The van der Waals surface area contributed by atoms with E-state index < -0.39 is 0 Å². The molecule has 1 aromatic carbocycles. The molecular formula is C15H20FNO. The van der Waals surface area contributed by atoms with Crippen molar-refractivity contribution in [1.82, 2.24) is 4.90 Å². The third-order valence-electron chi connectivity index (χ3n) is 3.59. The van der Waals surface area contributed by atoms with Crippen molar-refractivity contribution in [1.29, 1.82) is 0 Å². The van der Waals surface area contributed by atoms with Gasteiger partial charge in [-0.25, -0.2) is 4.39 Å². The second kappa shape index (κ2) is 5.61. The number of ketones is 1. The van der Waals surface area contributed by atoms with E-state index in [9.17, 15) is 9.18 Å². The topological polar surface area (TPSA) is 20.3 Å². The highest BCUT2D eigenvalue weighted by atomic mass is 19.1. The lowest BCUT2D eigenvalue weighted by molar-refractivity contribution is 0.0963. The lowest BCUT2D eigenvalue weighted by Gasteiger charge is -2.18. The molecule has 1 aliphatic rings. The number of aryl methyl sites for hydroxylation is 1. The van der Waals surface area contributed by atoms with E-state index in [0.29, 0.717) is 23.6 Å². The van der Waals surface area contributed by atoms with Gasteiger partial charge >= 0.3 is 0 Å². The van der Waals surface area contributed by atoms with Crippen molar-refractivity contribution in [2.24, 2.45) is 0 Å². The molecule has 1 aliphatic carbocycles. The normalized spacial score (nSPS) is 15.1. The van der Waals surface area contributed by atoms with Gasteiger partial charge in [0.2, 0.25) is 0 Å². The van der Waals surface area contributed by atoms with Crippen LogP contribution in [0.15, 0.2) is 18.2 Å². The van der Waals surface area contributed by atoms with Crippen LogP contribution in [0.25, 0.3) is 0 Å². The smallest absolute Gasteiger partial charge is 0.164 e. The molecule has 3 heteroatoms. The Bertz CT molecular complexity index is 440. The quantitative estimate of drug-likeness (QED) is 0.722. The summed E-state index contributed by atoms with van der Waals surface area (Å²) in [5.41, 5.74) is 1.07. The number of benzene rings is 1. The maximum absolute atomic E-state index is 13.4. The van der Waals surface area contributed by atoms with Crippen molar-refractivity contribution in [3.8, 4) is 0 Å². The molecule has 1 saturated carbocycles. The van der Waals surface area contributed by atoms with E-state index in [0.717, 1.165) is 13.1 Å². The van der Waals surface area contributed by atoms with Gasteiger partial charge in [-0.2, -0.15) is 0 Å². The molecule has 1 fully saturated rings. The van der Waals surface area contributed by atoms with E-state index in [2.05, 4.69) is 11.8 Å². The molecule has 0 saturated heterocycles. The summed E-state index contributed by atoms with van der Waals surface area (Å²) in [5.74, 6) is -0.261. The number of carbonyl (C=O) groups excluding carboxylic acids is 1. The number of nitrogens with zero attached hydrogens (tertiary/aromatic N) is 1. The Kier molecular flexibility index (Phi) is 4.12. The molecule has 2 rings (SSSR count). The minimum atomic E-state index is -0.296. The highest BCUT2D eigenvalue weighted by Gasteiger charge is 2.27. The van der Waals surface area contributed by atoms with Crippen LogP contribution in [0, 0.1) is 12.7 Å². The number of carbonyl (C=O) groups is 1. The zero-order valence-electron chi connectivity index (χ0n) is 11.1. The first-order valence-corrected chi connectivity index (χ1v) is 6.65. The largest absolute Gasteiger partial charge is 0.300 e. The van der Waals surface area contributed by atoms with Gasteiger partial charge in [0, 0.05) is 24.6 Å². The minimum Gasteiger partial charge on any atom is -0.300 e. The lowest BCUT2D eigenvalue weighted by Crippen LogP contribution is -2.28. The molecule has 2 nitrogen and oxygen atoms in total. The molecule has 18 heavy (non-hydrogen) atoms. The third-order valence-corrected chi connectivity index (χ3v) is 3.59. The fourth-order valence-electron chi connectivity index (χ4n) is 2.19. The highest BCUT2D eigenvalue weighted by Crippen LogP contribution is 2.26. The monoisotopic (exact) mass is 249 g/mol. The Morgan fingerprint density at radius 2 is 2.17 bits per heavy atom. The van der Waals surface area contributed by atoms with E-state index in [-0.39, 0.29) is 11.6 Å². The van der Waals surface area contributed by atoms with E-state index in [4.69, 9.17) is 0 Å². The molecule has 0 N–H and O–H groups in total. The molecule has 0 spiro atoms. The SMILES string of the molecule is CCN(CCC(=O)c1ccc(C)c(F)c1)C1CC1. The molecule has 0 heterocycles. The van der Waals surface area contributed by atoms with E-state index >= 15 is 0 Å². The molecule has 0 aromatic heterocycles. The summed E-state index contributed by atoms with van der Waals surface area (Å²) in [6.45, 7) is 5.60. The number of rotatable bonds is 6. The zero-order valence-corrected chi connectivity index (χ0v) is 11.1. The first kappa shape index (κ1) is 13.2. The summed E-state index contributed by atoms with van der Waals surface area (Å²) >= 11 is 0. The van der Waals surface area contributed by atoms with Crippen molar-refractivity contribution in [2.75, 3.05) is 13.1 Å². The molecule has 0 unspecified atom stereocenters. The maximum atomic E-state index is 13.4. The Hall–Kier alpha value is -1.22. The molecule has 0 amide bonds. The number of hydrogen-bond acceptors (Lipinski definition) is 2. The highest BCUT2D eigenvalue weighted by molar-refractivity contribution is 5.96. The van der Waals surface area contributed by atoms with E-state index in [1.165, 1.54) is 18.9 Å². The lowest BCUT2D eigenvalue weighted by atomic mass is 10.1. The van der Waals surface area contributed by atoms with Crippen LogP contribution in [-0.4, -0.2) is 29.8 Å². The predicted molar refractivity (Wildman–Crippen MR) is 70.4 cm³/mol. The van der Waals surface area contributed by atoms with Crippen LogP contribution >= 0.6 is 0 Å². The van der Waals surface area contributed by atoms with Crippen LogP contribution in [-0.2, 0) is 0 Å². The van der Waals surface area contributed by atoms with Crippen molar-refractivity contribution in [3.63, 3.8) is 0 Å². The van der Waals surface area contributed by atoms with Crippen molar-refractivity contribution >= 4 is 5.78 Å². The molecular weight excluding hydrogens is 229 g/mol. The van der Waals surface area contributed by atoms with Gasteiger partial charge in [0.1, 0.15) is 5.82 Å². The number of Topliss-reactive ketones (excluding diaryl/α,β-unsaturated/α-hetero) is 1. The summed E-state index contributed by atoms with van der Waals surface area (Å²) < 4.78 is 13.4. The van der Waals surface area contributed by atoms with Crippen LogP contribution < -0.4 is 0 Å². The Labute approximate surface area is 108 Å². The number of halogens is 1. The van der Waals surface area contributed by atoms with Gasteiger partial charge < -0.3 is 4.90 Å². The fourth-order valence-corrected chi connectivity index (χ4v) is 2.19. The van der Waals surface area contributed by atoms with Gasteiger partial charge in [-0.3, -0.25) is 4.79 Å². The van der Waals surface area contributed by atoms with Gasteiger partial charge in [-0.15, -0.1) is 0 Å². The number of hydrogen-bond donors (Lipinski definition) is 0. The Morgan fingerprint density at radius 3 is 2.72 bits per heavy atom. The maximum Gasteiger partial charge on any atom is 0.164 e. The van der Waals surface area contributed by atoms with Crippen molar-refractivity contribution < 1.29 is 9.18 Å². The van der Waals surface area contributed by atoms with Gasteiger partial charge in [0.15, 0.2) is 5.78 Å². The van der Waals surface area contributed by atoms with Crippen LogP contribution in [0.4, 0.5) is 4.39 Å². The van der Waals surface area contributed by atoms with Crippen LogP contribution in [0.3, 0.4) is 0 Å². The zero-order chi connectivity index (χ0) is 13.1. The van der Waals surface area contributed by atoms with Gasteiger partial charge in [-0.05, 0) is 37.9 Å². The van der Waals surface area contributed by atoms with Crippen LogP contribution in [0.1, 0.15) is 42.1 Å². The average molecular weight is 249 g/mol. The molecule has 1 aromatic rings. The Morgan fingerprint density at radius 1 is 1.44 bits per heavy atom. The van der Waals surface area contributed by atoms with Gasteiger partial charge in [0.05, 0.1) is 0 Å². The first-order valence-electron chi connectivity index (χ1n) is 6.65. The van der Waals surface area contributed by atoms with Crippen LogP contribution in [0.2, 0.25) is 0 Å². The van der Waals surface area contributed by atoms with Gasteiger partial charge in [0.25, 0.3) is 0 Å². The second-order valence-electron chi connectivity index (χ2n) is 5.00. The summed E-state index contributed by atoms with van der Waals surface area (Å²) in [6, 6.07) is 5.41. The third kappa shape index (κ3) is 3.16. The minimum absolute atomic E-state index is 0.0352. The van der Waals surface area contributed by atoms with Crippen LogP contribution in [0.5, 0.6) is 0 Å². The molecule has 0 radical (unpaired) electrons. The fraction of sp³-hybridized carbons (Fsp3) is 0.533. The summed E-state index contributed by atoms with van der Waals surface area (Å²) in [4.78, 5) is 14.3. The Balaban J connectivity index is 1.92.